The minimum Gasteiger partial charge on any atom is -0.338 e. The molecular weight excluding hydrogens is 315 g/mol. The molecule has 1 N–H and O–H groups in total. The molecule has 1 aliphatic heterocycles. The quantitative estimate of drug-likeness (QED) is 0.813. The van der Waals surface area contributed by atoms with Gasteiger partial charge in [-0.15, -0.1) is 0 Å². The molecule has 3 nitrogen and oxygen atoms in total. The zero-order chi connectivity index (χ0) is 16.7. The molecule has 0 bridgehead atoms. The smallest absolute Gasteiger partial charge is 0.222 e. The summed E-state index contributed by atoms with van der Waals surface area (Å²) >= 11 is 6.09. The van der Waals surface area contributed by atoms with Crippen LogP contribution in [-0.2, 0) is 11.3 Å². The summed E-state index contributed by atoms with van der Waals surface area (Å²) in [5, 5.41) is 3.73. The first-order chi connectivity index (χ1) is 11.1. The molecule has 1 aliphatic rings. The fraction of sp³-hybridized carbons (Fsp3) is 0.611. The number of halogens is 2. The summed E-state index contributed by atoms with van der Waals surface area (Å²) in [5.74, 6) is 0.384. The molecule has 128 valence electrons. The number of rotatable bonds is 7. The van der Waals surface area contributed by atoms with E-state index in [-0.39, 0.29) is 18.3 Å². The van der Waals surface area contributed by atoms with E-state index in [0.717, 1.165) is 38.8 Å². The predicted molar refractivity (Wildman–Crippen MR) is 91.9 cm³/mol. The Morgan fingerprint density at radius 3 is 2.78 bits per heavy atom. The van der Waals surface area contributed by atoms with Gasteiger partial charge in [0, 0.05) is 30.1 Å². The summed E-state index contributed by atoms with van der Waals surface area (Å²) in [6.07, 6.45) is 4.59. The molecule has 0 aliphatic carbocycles. The number of hydrogen-bond acceptors (Lipinski definition) is 2. The number of piperidine rings is 1. The van der Waals surface area contributed by atoms with Crippen molar-refractivity contribution in [3.05, 3.63) is 34.6 Å². The predicted octanol–water partition coefficient (Wildman–Crippen LogP) is 4.00. The first kappa shape index (κ1) is 18.2. The number of benzene rings is 1. The molecule has 0 spiro atoms. The number of carbonyl (C=O) groups excluding carboxylic acids is 1. The largest absolute Gasteiger partial charge is 0.338 e. The van der Waals surface area contributed by atoms with Crippen molar-refractivity contribution in [2.24, 2.45) is 5.92 Å². The molecule has 1 heterocycles. The molecule has 5 heteroatoms. The Labute approximate surface area is 143 Å². The first-order valence-corrected chi connectivity index (χ1v) is 8.91. The maximum Gasteiger partial charge on any atom is 0.222 e. The molecule has 1 amide bonds. The number of nitrogens with zero attached hydrogens (tertiary/aromatic N) is 1. The Kier molecular flexibility index (Phi) is 7.31. The highest BCUT2D eigenvalue weighted by molar-refractivity contribution is 6.31. The highest BCUT2D eigenvalue weighted by atomic mass is 35.5. The summed E-state index contributed by atoms with van der Waals surface area (Å²) in [7, 11) is 0. The Morgan fingerprint density at radius 2 is 2.13 bits per heavy atom. The van der Waals surface area contributed by atoms with Gasteiger partial charge in [0.05, 0.1) is 0 Å². The van der Waals surface area contributed by atoms with Gasteiger partial charge < -0.3 is 10.2 Å². The van der Waals surface area contributed by atoms with E-state index < -0.39 is 0 Å². The molecule has 0 unspecified atom stereocenters. The van der Waals surface area contributed by atoms with Gasteiger partial charge in [0.1, 0.15) is 5.82 Å². The summed E-state index contributed by atoms with van der Waals surface area (Å²) < 4.78 is 14.0. The van der Waals surface area contributed by atoms with Crippen LogP contribution < -0.4 is 5.32 Å². The lowest BCUT2D eigenvalue weighted by atomic mass is 9.93. The normalized spacial score (nSPS) is 15.6. The fourth-order valence-corrected chi connectivity index (χ4v) is 3.31. The van der Waals surface area contributed by atoms with Crippen molar-refractivity contribution in [3.8, 4) is 0 Å². The van der Waals surface area contributed by atoms with Gasteiger partial charge >= 0.3 is 0 Å². The van der Waals surface area contributed by atoms with E-state index in [1.54, 1.807) is 17.0 Å². The van der Waals surface area contributed by atoms with Gasteiger partial charge in [-0.2, -0.15) is 0 Å². The highest BCUT2D eigenvalue weighted by Gasteiger charge is 2.19. The molecule has 2 rings (SSSR count). The average molecular weight is 341 g/mol. The van der Waals surface area contributed by atoms with E-state index in [1.807, 2.05) is 6.92 Å². The van der Waals surface area contributed by atoms with E-state index in [0.29, 0.717) is 29.5 Å². The van der Waals surface area contributed by atoms with Crippen LogP contribution in [0.3, 0.4) is 0 Å². The van der Waals surface area contributed by atoms with Crippen molar-refractivity contribution < 1.29 is 9.18 Å². The second-order valence-electron chi connectivity index (χ2n) is 6.25. The van der Waals surface area contributed by atoms with E-state index in [9.17, 15) is 9.18 Å². The van der Waals surface area contributed by atoms with Crippen LogP contribution in [0, 0.1) is 11.7 Å². The standard InChI is InChI=1S/C18H26ClFN2O/c1-2-12-22(13-15-16(19)4-3-5-17(15)20)18(23)7-6-14-8-10-21-11-9-14/h3-5,14,21H,2,6-13H2,1H3. The molecule has 0 aromatic heterocycles. The zero-order valence-electron chi connectivity index (χ0n) is 13.8. The average Bonchev–Trinajstić information content (AvgIpc) is 2.56. The lowest BCUT2D eigenvalue weighted by Crippen LogP contribution is -2.33. The lowest BCUT2D eigenvalue weighted by Gasteiger charge is -2.26. The Hall–Kier alpha value is -1.13. The van der Waals surface area contributed by atoms with E-state index in [1.165, 1.54) is 6.07 Å². The summed E-state index contributed by atoms with van der Waals surface area (Å²) in [6.45, 7) is 5.00. The van der Waals surface area contributed by atoms with Gasteiger partial charge in [0.25, 0.3) is 0 Å². The third-order valence-corrected chi connectivity index (χ3v) is 4.84. The van der Waals surface area contributed by atoms with Crippen LogP contribution in [-0.4, -0.2) is 30.4 Å². The van der Waals surface area contributed by atoms with Gasteiger partial charge in [0.2, 0.25) is 5.91 Å². The van der Waals surface area contributed by atoms with Crippen LogP contribution >= 0.6 is 11.6 Å². The summed E-state index contributed by atoms with van der Waals surface area (Å²) in [5.41, 5.74) is 0.415. The lowest BCUT2D eigenvalue weighted by molar-refractivity contribution is -0.132. The van der Waals surface area contributed by atoms with Crippen molar-refractivity contribution in [2.45, 2.75) is 45.6 Å². The Balaban J connectivity index is 1.95. The number of amides is 1. The molecule has 0 atom stereocenters. The molecule has 1 saturated heterocycles. The Bertz CT molecular complexity index is 497. The van der Waals surface area contributed by atoms with Crippen LogP contribution in [0.5, 0.6) is 0 Å². The molecule has 0 saturated carbocycles. The molecule has 1 aromatic rings. The van der Waals surface area contributed by atoms with Crippen LogP contribution in [0.15, 0.2) is 18.2 Å². The second-order valence-corrected chi connectivity index (χ2v) is 6.65. The first-order valence-electron chi connectivity index (χ1n) is 8.53. The maximum absolute atomic E-state index is 14.0. The van der Waals surface area contributed by atoms with Crippen molar-refractivity contribution in [3.63, 3.8) is 0 Å². The molecular formula is C18H26ClFN2O. The third-order valence-electron chi connectivity index (χ3n) is 4.48. The number of nitrogens with one attached hydrogen (secondary N) is 1. The van der Waals surface area contributed by atoms with Crippen LogP contribution in [0.4, 0.5) is 4.39 Å². The van der Waals surface area contributed by atoms with E-state index in [4.69, 9.17) is 11.6 Å². The van der Waals surface area contributed by atoms with Gasteiger partial charge in [-0.05, 0) is 56.8 Å². The van der Waals surface area contributed by atoms with Crippen molar-refractivity contribution in [1.82, 2.24) is 10.2 Å². The molecule has 1 fully saturated rings. The van der Waals surface area contributed by atoms with Crippen LogP contribution in [0.25, 0.3) is 0 Å². The van der Waals surface area contributed by atoms with E-state index in [2.05, 4.69) is 5.32 Å². The number of carbonyl (C=O) groups is 1. The minimum absolute atomic E-state index is 0.102. The van der Waals surface area contributed by atoms with Crippen molar-refractivity contribution in [1.29, 1.82) is 0 Å². The van der Waals surface area contributed by atoms with Crippen LogP contribution in [0.1, 0.15) is 44.6 Å². The fourth-order valence-electron chi connectivity index (χ4n) is 3.09. The molecule has 1 aromatic carbocycles. The topological polar surface area (TPSA) is 32.3 Å². The van der Waals surface area contributed by atoms with Crippen LogP contribution in [0.2, 0.25) is 5.02 Å². The van der Waals surface area contributed by atoms with Gasteiger partial charge in [-0.1, -0.05) is 24.6 Å². The number of hydrogen-bond donors (Lipinski definition) is 1. The summed E-state index contributed by atoms with van der Waals surface area (Å²) in [4.78, 5) is 14.3. The van der Waals surface area contributed by atoms with Crippen molar-refractivity contribution >= 4 is 17.5 Å². The molecule has 0 radical (unpaired) electrons. The maximum atomic E-state index is 14.0. The third kappa shape index (κ3) is 5.47. The zero-order valence-corrected chi connectivity index (χ0v) is 14.5. The van der Waals surface area contributed by atoms with Gasteiger partial charge in [0.15, 0.2) is 0 Å². The van der Waals surface area contributed by atoms with E-state index >= 15 is 0 Å². The minimum atomic E-state index is -0.343. The second kappa shape index (κ2) is 9.24. The van der Waals surface area contributed by atoms with Crippen molar-refractivity contribution in [2.75, 3.05) is 19.6 Å². The summed E-state index contributed by atoms with van der Waals surface area (Å²) in [6, 6.07) is 4.65. The van der Waals surface area contributed by atoms with Gasteiger partial charge in [-0.25, -0.2) is 4.39 Å². The van der Waals surface area contributed by atoms with Gasteiger partial charge in [-0.3, -0.25) is 4.79 Å². The monoisotopic (exact) mass is 340 g/mol. The highest BCUT2D eigenvalue weighted by Crippen LogP contribution is 2.23. The SMILES string of the molecule is CCCN(Cc1c(F)cccc1Cl)C(=O)CCC1CCNCC1. The molecule has 23 heavy (non-hydrogen) atoms. The Morgan fingerprint density at radius 1 is 1.39 bits per heavy atom.